The molecule has 0 saturated carbocycles. The Morgan fingerprint density at radius 3 is 1.13 bits per heavy atom. The molecule has 2 heteroatoms. The van der Waals surface area contributed by atoms with Gasteiger partial charge in [-0.1, -0.05) is 178 Å². The normalized spacial score (nSPS) is 14.0. The van der Waals surface area contributed by atoms with Crippen LogP contribution in [0.2, 0.25) is 0 Å². The zero-order valence-corrected chi connectivity index (χ0v) is 29.2. The lowest BCUT2D eigenvalue weighted by molar-refractivity contribution is 1.61. The van der Waals surface area contributed by atoms with E-state index in [1.165, 1.54) is 99.2 Å². The van der Waals surface area contributed by atoms with Gasteiger partial charge in [0.05, 0.1) is 2.74 Å². The molecular formula is C52H28B2. The molecule has 4 aliphatic heterocycles. The minimum absolute atomic E-state index is 0.0570. The van der Waals surface area contributed by atoms with Crippen LogP contribution >= 0.6 is 0 Å². The van der Waals surface area contributed by atoms with Gasteiger partial charge < -0.3 is 0 Å². The molecule has 0 unspecified atom stereocenters. The van der Waals surface area contributed by atoms with Crippen molar-refractivity contribution in [3.05, 3.63) is 170 Å². The summed E-state index contributed by atoms with van der Waals surface area (Å²) in [7, 11) is 0. The molecule has 0 aromatic heterocycles. The number of hydrogen-bond acceptors (Lipinski definition) is 0. The first-order valence-electron chi connectivity index (χ1n) is 20.1. The van der Waals surface area contributed by atoms with Crippen LogP contribution in [0.1, 0.15) is 2.74 Å². The van der Waals surface area contributed by atoms with Crippen molar-refractivity contribution in [2.45, 2.75) is 0 Å². The third-order valence-corrected chi connectivity index (χ3v) is 13.2. The maximum Gasteiger partial charge on any atom is 0.244 e. The Morgan fingerprint density at radius 1 is 0.296 bits per heavy atom. The van der Waals surface area contributed by atoms with Gasteiger partial charge in [-0.2, -0.15) is 0 Å². The third kappa shape index (κ3) is 3.27. The lowest BCUT2D eigenvalue weighted by atomic mass is 9.34. The highest BCUT2D eigenvalue weighted by molar-refractivity contribution is 7.03. The minimum atomic E-state index is 0.0570. The van der Waals surface area contributed by atoms with Crippen LogP contribution in [0, 0.1) is 0 Å². The van der Waals surface area contributed by atoms with Crippen LogP contribution < -0.4 is 32.8 Å². The summed E-state index contributed by atoms with van der Waals surface area (Å²) in [4.78, 5) is 0. The first-order valence-corrected chi connectivity index (χ1v) is 19.1. The van der Waals surface area contributed by atoms with Crippen LogP contribution in [0.3, 0.4) is 0 Å². The Labute approximate surface area is 316 Å². The standard InChI is InChI=1S/C52H28B2/c1-3-11-29(12-4-1)33-23-39-35-15-7-9-17-43(35)53-45-27-32-20-22-38-42-26-34(30-13-5-2-6-14-30)24-40-36-16-8-10-18-44(36)54(52(40)42)46-28-31-19-21-37(41(25-33)51(39)53)49(45)47(31)48(32)50(38)46/h1-28H/i19D,20D. The van der Waals surface area contributed by atoms with E-state index < -0.39 is 0 Å². The van der Waals surface area contributed by atoms with E-state index in [9.17, 15) is 2.74 Å². The van der Waals surface area contributed by atoms with Crippen LogP contribution in [-0.2, 0) is 0 Å². The van der Waals surface area contributed by atoms with E-state index in [1.807, 2.05) is 0 Å². The summed E-state index contributed by atoms with van der Waals surface area (Å²) < 4.78 is 19.7. The number of fused-ring (bicyclic) bond motifs is 10. The van der Waals surface area contributed by atoms with Gasteiger partial charge in [-0.05, 0) is 123 Å². The van der Waals surface area contributed by atoms with Crippen molar-refractivity contribution in [1.29, 1.82) is 0 Å². The van der Waals surface area contributed by atoms with Crippen molar-refractivity contribution >= 4 is 78.5 Å². The fraction of sp³-hybridized carbons (Fsp3) is 0. The second-order valence-electron chi connectivity index (χ2n) is 15.7. The molecule has 10 aromatic rings. The summed E-state index contributed by atoms with van der Waals surface area (Å²) in [5.41, 5.74) is 22.5. The molecule has 0 fully saturated rings. The highest BCUT2D eigenvalue weighted by atomic mass is 14.3. The largest absolute Gasteiger partial charge is 0.244 e. The van der Waals surface area contributed by atoms with Crippen LogP contribution in [0.15, 0.2) is 170 Å². The van der Waals surface area contributed by atoms with E-state index in [2.05, 4.69) is 158 Å². The molecule has 10 aromatic carbocycles. The Kier molecular flexibility index (Phi) is 4.69. The predicted molar refractivity (Wildman–Crippen MR) is 232 cm³/mol. The van der Waals surface area contributed by atoms with E-state index >= 15 is 0 Å². The Bertz CT molecular complexity index is 3210. The molecule has 4 aliphatic rings. The molecule has 242 valence electrons. The van der Waals surface area contributed by atoms with Gasteiger partial charge in [0.1, 0.15) is 0 Å². The lowest BCUT2D eigenvalue weighted by Crippen LogP contribution is -2.52. The summed E-state index contributed by atoms with van der Waals surface area (Å²) in [5, 5.41) is 6.75. The molecule has 0 spiro atoms. The predicted octanol–water partition coefficient (Wildman–Crippen LogP) is 8.87. The van der Waals surface area contributed by atoms with E-state index in [1.54, 1.807) is 0 Å². The van der Waals surface area contributed by atoms with E-state index in [0.717, 1.165) is 32.7 Å². The Balaban J connectivity index is 1.16. The van der Waals surface area contributed by atoms with Gasteiger partial charge in [0.15, 0.2) is 0 Å². The number of benzene rings is 10. The summed E-state index contributed by atoms with van der Waals surface area (Å²) in [6.07, 6.45) is 0. The summed E-state index contributed by atoms with van der Waals surface area (Å²) in [5.74, 6) is 0. The topological polar surface area (TPSA) is 0 Å². The van der Waals surface area contributed by atoms with Gasteiger partial charge in [0.2, 0.25) is 13.4 Å². The van der Waals surface area contributed by atoms with Gasteiger partial charge in [-0.25, -0.2) is 0 Å². The smallest absolute Gasteiger partial charge is 0.0664 e. The van der Waals surface area contributed by atoms with Crippen LogP contribution in [-0.4, -0.2) is 13.4 Å². The SMILES string of the molecule is [2H]c1cc2c3c(cc4c([2H])cc5c6c(cc1c3c46)B1c3ccccc3-c3cc(-c4ccccc4)cc-5c31)B1c3ccccc3-c3cc(-c4ccccc4)cc-2c31. The maximum atomic E-state index is 9.85. The fourth-order valence-electron chi connectivity index (χ4n) is 11.2. The summed E-state index contributed by atoms with van der Waals surface area (Å²) in [6.45, 7) is 0.114. The highest BCUT2D eigenvalue weighted by Gasteiger charge is 2.44. The van der Waals surface area contributed by atoms with Gasteiger partial charge in [-0.15, -0.1) is 0 Å². The highest BCUT2D eigenvalue weighted by Crippen LogP contribution is 2.47. The molecule has 0 bridgehead atoms. The molecule has 54 heavy (non-hydrogen) atoms. The lowest BCUT2D eigenvalue weighted by Gasteiger charge is -2.31. The second kappa shape index (κ2) is 9.67. The average molecular weight is 676 g/mol. The first-order chi connectivity index (χ1) is 27.6. The molecule has 4 heterocycles. The zero-order valence-electron chi connectivity index (χ0n) is 31.2. The molecule has 0 nitrogen and oxygen atoms in total. The van der Waals surface area contributed by atoms with Crippen LogP contribution in [0.5, 0.6) is 0 Å². The molecular weight excluding hydrogens is 646 g/mol. The number of hydrogen-bond donors (Lipinski definition) is 0. The van der Waals surface area contributed by atoms with Crippen LogP contribution in [0.25, 0.3) is 99.1 Å². The quantitative estimate of drug-likeness (QED) is 0.127. The van der Waals surface area contributed by atoms with E-state index in [0.29, 0.717) is 12.1 Å². The van der Waals surface area contributed by atoms with Crippen molar-refractivity contribution in [3.8, 4) is 66.8 Å². The van der Waals surface area contributed by atoms with Gasteiger partial charge >= 0.3 is 0 Å². The van der Waals surface area contributed by atoms with Crippen molar-refractivity contribution < 1.29 is 2.74 Å². The average Bonchev–Trinajstić information content (AvgIpc) is 3.76. The zero-order chi connectivity index (χ0) is 36.6. The summed E-state index contributed by atoms with van der Waals surface area (Å²) >= 11 is 0. The molecule has 0 N–H and O–H groups in total. The van der Waals surface area contributed by atoms with Crippen LogP contribution in [0.4, 0.5) is 0 Å². The maximum absolute atomic E-state index is 9.85. The molecule has 0 atom stereocenters. The van der Waals surface area contributed by atoms with Crippen molar-refractivity contribution in [2.24, 2.45) is 0 Å². The first kappa shape index (κ1) is 26.2. The van der Waals surface area contributed by atoms with Gasteiger partial charge in [-0.3, -0.25) is 0 Å². The summed E-state index contributed by atoms with van der Waals surface area (Å²) in [6, 6.07) is 58.9. The van der Waals surface area contributed by atoms with Crippen molar-refractivity contribution in [3.63, 3.8) is 0 Å². The molecule has 0 saturated heterocycles. The molecule has 0 amide bonds. The molecule has 14 rings (SSSR count). The van der Waals surface area contributed by atoms with Gasteiger partial charge in [0, 0.05) is 0 Å². The van der Waals surface area contributed by atoms with Gasteiger partial charge in [0.25, 0.3) is 0 Å². The van der Waals surface area contributed by atoms with E-state index in [-0.39, 0.29) is 13.4 Å². The third-order valence-electron chi connectivity index (χ3n) is 13.2. The van der Waals surface area contributed by atoms with Crippen molar-refractivity contribution in [2.75, 3.05) is 0 Å². The number of rotatable bonds is 2. The molecule has 0 radical (unpaired) electrons. The monoisotopic (exact) mass is 676 g/mol. The second-order valence-corrected chi connectivity index (χ2v) is 15.7. The van der Waals surface area contributed by atoms with Crippen molar-refractivity contribution in [1.82, 2.24) is 0 Å². The molecule has 0 aliphatic carbocycles. The minimum Gasteiger partial charge on any atom is -0.0664 e. The van der Waals surface area contributed by atoms with E-state index in [4.69, 9.17) is 0 Å². The Morgan fingerprint density at radius 2 is 0.685 bits per heavy atom. The fourth-order valence-corrected chi connectivity index (χ4v) is 11.2. The Hall–Kier alpha value is -6.63.